The monoisotopic (exact) mass is 324 g/mol. The molecule has 2 aromatic carbocycles. The van der Waals surface area contributed by atoms with Crippen LogP contribution in [0, 0.1) is 0 Å². The molecule has 1 amide bonds. The topological polar surface area (TPSA) is 93.5 Å². The molecule has 24 heavy (non-hydrogen) atoms. The Kier molecular flexibility index (Phi) is 6.37. The first kappa shape index (κ1) is 17.5. The number of nitrogens with one attached hydrogen (secondary N) is 1. The highest BCUT2D eigenvalue weighted by atomic mass is 16.1. The molecule has 2 aromatic rings. The predicted molar refractivity (Wildman–Crippen MR) is 98.4 cm³/mol. The number of hydrogen-bond acceptors (Lipinski definition) is 2. The molecule has 0 atom stereocenters. The molecular formula is C19H24N4O. The van der Waals surface area contributed by atoms with E-state index in [0.717, 1.165) is 19.3 Å². The van der Waals surface area contributed by atoms with E-state index in [-0.39, 0.29) is 11.9 Å². The molecule has 0 saturated carbocycles. The quantitative estimate of drug-likeness (QED) is 0.539. The van der Waals surface area contributed by atoms with Crippen LogP contribution in [0.25, 0.3) is 0 Å². The van der Waals surface area contributed by atoms with Crippen molar-refractivity contribution in [3.05, 3.63) is 65.2 Å². The lowest BCUT2D eigenvalue weighted by molar-refractivity contribution is 0.0954. The average molecular weight is 324 g/mol. The van der Waals surface area contributed by atoms with E-state index in [1.807, 2.05) is 0 Å². The number of rotatable bonds is 7. The number of benzene rings is 2. The summed E-state index contributed by atoms with van der Waals surface area (Å²) in [5.74, 6) is -0.163. The number of aryl methyl sites for hydroxylation is 1. The molecule has 0 spiro atoms. The minimum atomic E-state index is -0.134. The molecular weight excluding hydrogens is 300 g/mol. The van der Waals surface area contributed by atoms with Crippen LogP contribution < -0.4 is 16.8 Å². The van der Waals surface area contributed by atoms with Gasteiger partial charge in [0.05, 0.1) is 5.69 Å². The van der Waals surface area contributed by atoms with Crippen LogP contribution in [0.15, 0.2) is 53.5 Å². The zero-order chi connectivity index (χ0) is 17.4. The fraction of sp³-hybridized carbons (Fsp3) is 0.263. The lowest BCUT2D eigenvalue weighted by Gasteiger charge is -2.07. The summed E-state index contributed by atoms with van der Waals surface area (Å²) >= 11 is 0. The Morgan fingerprint density at radius 2 is 1.71 bits per heavy atom. The molecule has 0 heterocycles. The lowest BCUT2D eigenvalue weighted by atomic mass is 10.1. The summed E-state index contributed by atoms with van der Waals surface area (Å²) in [5.41, 5.74) is 14.4. The SMILES string of the molecule is CCCc1ccc(CCNC(=O)c2cccc(N=C(N)N)c2)cc1. The van der Waals surface area contributed by atoms with Gasteiger partial charge in [0.25, 0.3) is 5.91 Å². The van der Waals surface area contributed by atoms with Crippen LogP contribution in [0.1, 0.15) is 34.8 Å². The van der Waals surface area contributed by atoms with Crippen molar-refractivity contribution in [1.82, 2.24) is 5.32 Å². The summed E-state index contributed by atoms with van der Waals surface area (Å²) in [6, 6.07) is 15.4. The van der Waals surface area contributed by atoms with Gasteiger partial charge in [-0.2, -0.15) is 0 Å². The second kappa shape index (κ2) is 8.72. The number of nitrogens with zero attached hydrogens (tertiary/aromatic N) is 1. The Balaban J connectivity index is 1.88. The predicted octanol–water partition coefficient (Wildman–Crippen LogP) is 2.52. The number of hydrogen-bond donors (Lipinski definition) is 3. The van der Waals surface area contributed by atoms with Crippen molar-refractivity contribution in [3.8, 4) is 0 Å². The van der Waals surface area contributed by atoms with Gasteiger partial charge in [-0.15, -0.1) is 0 Å². The number of amides is 1. The van der Waals surface area contributed by atoms with Gasteiger partial charge in [0.15, 0.2) is 5.96 Å². The van der Waals surface area contributed by atoms with Crippen LogP contribution in [0.4, 0.5) is 5.69 Å². The summed E-state index contributed by atoms with van der Waals surface area (Å²) in [6.07, 6.45) is 3.04. The molecule has 126 valence electrons. The van der Waals surface area contributed by atoms with E-state index >= 15 is 0 Å². The normalized spacial score (nSPS) is 10.2. The van der Waals surface area contributed by atoms with Crippen molar-refractivity contribution in [1.29, 1.82) is 0 Å². The number of carbonyl (C=O) groups is 1. The number of nitrogens with two attached hydrogens (primary N) is 2. The lowest BCUT2D eigenvalue weighted by Crippen LogP contribution is -2.25. The van der Waals surface area contributed by atoms with E-state index < -0.39 is 0 Å². The molecule has 0 bridgehead atoms. The molecule has 5 nitrogen and oxygen atoms in total. The smallest absolute Gasteiger partial charge is 0.251 e. The third-order valence-electron chi connectivity index (χ3n) is 3.63. The molecule has 0 aromatic heterocycles. The Morgan fingerprint density at radius 3 is 2.33 bits per heavy atom. The molecule has 5 heteroatoms. The van der Waals surface area contributed by atoms with Crippen molar-refractivity contribution < 1.29 is 4.79 Å². The van der Waals surface area contributed by atoms with Gasteiger partial charge in [0.1, 0.15) is 0 Å². The summed E-state index contributed by atoms with van der Waals surface area (Å²) in [5, 5.41) is 2.92. The average Bonchev–Trinajstić information content (AvgIpc) is 2.56. The second-order valence-corrected chi connectivity index (χ2v) is 5.66. The Labute approximate surface area is 142 Å². The van der Waals surface area contributed by atoms with Crippen LogP contribution in [0.5, 0.6) is 0 Å². The largest absolute Gasteiger partial charge is 0.370 e. The standard InChI is InChI=1S/C19H24N4O/c1-2-4-14-7-9-15(10-8-14)11-12-22-18(24)16-5-3-6-17(13-16)23-19(20)21/h3,5-10,13H,2,4,11-12H2,1H3,(H,22,24)(H4,20,21,23). The third kappa shape index (κ3) is 5.43. The maximum Gasteiger partial charge on any atom is 0.251 e. The van der Waals surface area contributed by atoms with Crippen LogP contribution >= 0.6 is 0 Å². The van der Waals surface area contributed by atoms with Gasteiger partial charge in [0, 0.05) is 12.1 Å². The van der Waals surface area contributed by atoms with Crippen molar-refractivity contribution in [3.63, 3.8) is 0 Å². The van der Waals surface area contributed by atoms with E-state index in [0.29, 0.717) is 17.8 Å². The van der Waals surface area contributed by atoms with Crippen LogP contribution in [-0.2, 0) is 12.8 Å². The molecule has 2 rings (SSSR count). The molecule has 0 radical (unpaired) electrons. The molecule has 0 saturated heterocycles. The molecule has 0 aliphatic heterocycles. The maximum atomic E-state index is 12.2. The Hall–Kier alpha value is -2.82. The van der Waals surface area contributed by atoms with Crippen LogP contribution in [0.2, 0.25) is 0 Å². The van der Waals surface area contributed by atoms with Gasteiger partial charge < -0.3 is 16.8 Å². The van der Waals surface area contributed by atoms with E-state index in [1.165, 1.54) is 11.1 Å². The zero-order valence-corrected chi connectivity index (χ0v) is 14.0. The fourth-order valence-electron chi connectivity index (χ4n) is 2.45. The van der Waals surface area contributed by atoms with Gasteiger partial charge in [-0.05, 0) is 42.2 Å². The highest BCUT2D eigenvalue weighted by Gasteiger charge is 2.05. The number of aliphatic imine (C=N–C) groups is 1. The zero-order valence-electron chi connectivity index (χ0n) is 14.0. The minimum absolute atomic E-state index is 0.0286. The minimum Gasteiger partial charge on any atom is -0.370 e. The van der Waals surface area contributed by atoms with E-state index in [9.17, 15) is 4.79 Å². The highest BCUT2D eigenvalue weighted by molar-refractivity contribution is 5.95. The maximum absolute atomic E-state index is 12.2. The fourth-order valence-corrected chi connectivity index (χ4v) is 2.45. The Morgan fingerprint density at radius 1 is 1.04 bits per heavy atom. The molecule has 0 aliphatic carbocycles. The van der Waals surface area contributed by atoms with Gasteiger partial charge in [-0.25, -0.2) is 4.99 Å². The summed E-state index contributed by atoms with van der Waals surface area (Å²) < 4.78 is 0. The van der Waals surface area contributed by atoms with Crippen molar-refractivity contribution >= 4 is 17.6 Å². The number of guanidine groups is 1. The van der Waals surface area contributed by atoms with E-state index in [4.69, 9.17) is 11.5 Å². The van der Waals surface area contributed by atoms with Gasteiger partial charge in [-0.3, -0.25) is 4.79 Å². The van der Waals surface area contributed by atoms with Crippen molar-refractivity contribution in [2.24, 2.45) is 16.5 Å². The van der Waals surface area contributed by atoms with Crippen molar-refractivity contribution in [2.75, 3.05) is 6.54 Å². The van der Waals surface area contributed by atoms with Gasteiger partial charge in [0.2, 0.25) is 0 Å². The summed E-state index contributed by atoms with van der Waals surface area (Å²) in [6.45, 7) is 2.75. The van der Waals surface area contributed by atoms with Gasteiger partial charge in [-0.1, -0.05) is 43.7 Å². The number of carbonyl (C=O) groups excluding carboxylic acids is 1. The first-order valence-electron chi connectivity index (χ1n) is 8.14. The first-order chi connectivity index (χ1) is 11.6. The molecule has 0 fully saturated rings. The van der Waals surface area contributed by atoms with E-state index in [2.05, 4.69) is 41.5 Å². The third-order valence-corrected chi connectivity index (χ3v) is 3.63. The highest BCUT2D eigenvalue weighted by Crippen LogP contribution is 2.13. The molecule has 0 unspecified atom stereocenters. The second-order valence-electron chi connectivity index (χ2n) is 5.66. The summed E-state index contributed by atoms with van der Waals surface area (Å²) in [4.78, 5) is 16.1. The van der Waals surface area contributed by atoms with Crippen LogP contribution in [0.3, 0.4) is 0 Å². The Bertz CT molecular complexity index is 704. The van der Waals surface area contributed by atoms with Gasteiger partial charge >= 0.3 is 0 Å². The molecule has 0 aliphatic rings. The van der Waals surface area contributed by atoms with Crippen LogP contribution in [-0.4, -0.2) is 18.4 Å². The first-order valence-corrected chi connectivity index (χ1v) is 8.14. The molecule has 5 N–H and O–H groups in total. The summed E-state index contributed by atoms with van der Waals surface area (Å²) in [7, 11) is 0. The van der Waals surface area contributed by atoms with E-state index in [1.54, 1.807) is 24.3 Å². The van der Waals surface area contributed by atoms with Crippen molar-refractivity contribution in [2.45, 2.75) is 26.2 Å².